The lowest BCUT2D eigenvalue weighted by molar-refractivity contribution is -0.0653. The number of sulfonamides is 1. The molecule has 0 aromatic heterocycles. The van der Waals surface area contributed by atoms with Gasteiger partial charge in [-0.15, -0.1) is 0 Å². The summed E-state index contributed by atoms with van der Waals surface area (Å²) in [6.45, 7) is 3.51. The number of nitrogens with zero attached hydrogens (tertiary/aromatic N) is 1. The lowest BCUT2D eigenvalue weighted by Crippen LogP contribution is -2.63. The molecule has 20 heavy (non-hydrogen) atoms. The van der Waals surface area contributed by atoms with Crippen molar-refractivity contribution in [1.82, 2.24) is 4.31 Å². The summed E-state index contributed by atoms with van der Waals surface area (Å²) in [6.07, 6.45) is 1.29. The normalized spacial score (nSPS) is 18.8. The Labute approximate surface area is 118 Å². The fourth-order valence-electron chi connectivity index (χ4n) is 2.41. The van der Waals surface area contributed by atoms with Crippen molar-refractivity contribution < 1.29 is 17.9 Å². The fraction of sp³-hybridized carbons (Fsp3) is 0.538. The molecule has 1 heterocycles. The molecule has 0 amide bonds. The van der Waals surface area contributed by atoms with Crippen LogP contribution in [0.3, 0.4) is 0 Å². The van der Waals surface area contributed by atoms with E-state index in [1.165, 1.54) is 0 Å². The number of aryl methyl sites for hydroxylation is 1. The summed E-state index contributed by atoms with van der Waals surface area (Å²) in [5.74, 6) is -0.817. The predicted octanol–water partition coefficient (Wildman–Crippen LogP) is 1.25. The number of rotatable bonds is 4. The van der Waals surface area contributed by atoms with Gasteiger partial charge in [0, 0.05) is 18.8 Å². The van der Waals surface area contributed by atoms with E-state index in [1.54, 1.807) is 6.92 Å². The molecule has 1 aliphatic rings. The lowest BCUT2D eigenvalue weighted by Gasteiger charge is -2.45. The molecule has 0 atom stereocenters. The predicted molar refractivity (Wildman–Crippen MR) is 74.2 cm³/mol. The Balaban J connectivity index is 2.28. The first kappa shape index (κ1) is 15.2. The van der Waals surface area contributed by atoms with E-state index in [2.05, 4.69) is 0 Å². The van der Waals surface area contributed by atoms with E-state index in [1.807, 2.05) is 6.92 Å². The van der Waals surface area contributed by atoms with E-state index in [9.17, 15) is 17.9 Å². The van der Waals surface area contributed by atoms with Crippen molar-refractivity contribution in [1.29, 1.82) is 0 Å². The van der Waals surface area contributed by atoms with Crippen LogP contribution in [0.15, 0.2) is 17.0 Å². The molecule has 0 saturated carbocycles. The molecule has 1 fully saturated rings. The van der Waals surface area contributed by atoms with Crippen molar-refractivity contribution >= 4 is 15.7 Å². The number of hydrogen-bond donors (Lipinski definition) is 2. The van der Waals surface area contributed by atoms with E-state index < -0.39 is 26.3 Å². The second kappa shape index (κ2) is 4.98. The number of nitrogens with two attached hydrogens (primary N) is 1. The molecular formula is C13H19FN2O3S. The van der Waals surface area contributed by atoms with Crippen molar-refractivity contribution in [2.24, 2.45) is 0 Å². The zero-order valence-electron chi connectivity index (χ0n) is 11.6. The molecule has 1 aromatic rings. The van der Waals surface area contributed by atoms with E-state index in [0.29, 0.717) is 12.0 Å². The molecule has 112 valence electrons. The maximum absolute atomic E-state index is 13.9. The molecule has 3 N–H and O–H groups in total. The summed E-state index contributed by atoms with van der Waals surface area (Å²) in [5.41, 5.74) is 5.38. The third-order valence-electron chi connectivity index (χ3n) is 3.60. The van der Waals surface area contributed by atoms with Crippen LogP contribution >= 0.6 is 0 Å². The van der Waals surface area contributed by atoms with Crippen LogP contribution in [0.1, 0.15) is 25.3 Å². The highest BCUT2D eigenvalue weighted by Crippen LogP contribution is 2.33. The quantitative estimate of drug-likeness (QED) is 0.820. The standard InChI is InChI=1S/C13H19FN2O3S/c1-3-4-13(17)7-16(8-13)20(18,19)12-6-11(15)9(2)5-10(12)14/h5-6,17H,3-4,7-8,15H2,1-2H3. The molecule has 1 aliphatic heterocycles. The summed E-state index contributed by atoms with van der Waals surface area (Å²) < 4.78 is 39.6. The maximum Gasteiger partial charge on any atom is 0.246 e. The minimum Gasteiger partial charge on any atom is -0.398 e. The summed E-state index contributed by atoms with van der Waals surface area (Å²) in [5, 5.41) is 10.0. The molecule has 0 spiro atoms. The highest BCUT2D eigenvalue weighted by atomic mass is 32.2. The summed E-state index contributed by atoms with van der Waals surface area (Å²) in [6, 6.07) is 2.25. The lowest BCUT2D eigenvalue weighted by atomic mass is 9.92. The molecule has 1 aromatic carbocycles. The van der Waals surface area contributed by atoms with Gasteiger partial charge in [0.15, 0.2) is 0 Å². The van der Waals surface area contributed by atoms with Crippen LogP contribution in [0.2, 0.25) is 0 Å². The third-order valence-corrected chi connectivity index (χ3v) is 5.40. The molecule has 7 heteroatoms. The van der Waals surface area contributed by atoms with Crippen LogP contribution in [0.4, 0.5) is 10.1 Å². The van der Waals surface area contributed by atoms with Crippen LogP contribution < -0.4 is 5.73 Å². The zero-order chi connectivity index (χ0) is 15.1. The van der Waals surface area contributed by atoms with E-state index in [4.69, 9.17) is 5.73 Å². The Morgan fingerprint density at radius 1 is 1.45 bits per heavy atom. The molecule has 0 unspecified atom stereocenters. The van der Waals surface area contributed by atoms with Gasteiger partial charge in [0.1, 0.15) is 10.7 Å². The maximum atomic E-state index is 13.9. The molecule has 0 aliphatic carbocycles. The van der Waals surface area contributed by atoms with Gasteiger partial charge in [-0.2, -0.15) is 4.31 Å². The monoisotopic (exact) mass is 302 g/mol. The Hall–Kier alpha value is -1.18. The van der Waals surface area contributed by atoms with E-state index in [-0.39, 0.29) is 18.8 Å². The van der Waals surface area contributed by atoms with Gasteiger partial charge in [-0.05, 0) is 31.0 Å². The third kappa shape index (κ3) is 2.53. The van der Waals surface area contributed by atoms with Crippen LogP contribution in [0.5, 0.6) is 0 Å². The molecule has 5 nitrogen and oxygen atoms in total. The Morgan fingerprint density at radius 2 is 2.05 bits per heavy atom. The van der Waals surface area contributed by atoms with Crippen molar-refractivity contribution in [3.8, 4) is 0 Å². The topological polar surface area (TPSA) is 83.6 Å². The number of anilines is 1. The number of nitrogen functional groups attached to an aromatic ring is 1. The number of aliphatic hydroxyl groups is 1. The second-order valence-corrected chi connectivity index (χ2v) is 7.29. The number of β-amino-alcohol motifs (C(OH)–C–C–N with tert-alkyl or cyclic N) is 1. The minimum atomic E-state index is -3.94. The smallest absolute Gasteiger partial charge is 0.246 e. The molecule has 0 bridgehead atoms. The summed E-state index contributed by atoms with van der Waals surface area (Å²) in [4.78, 5) is -0.431. The van der Waals surface area contributed by atoms with Gasteiger partial charge in [0.2, 0.25) is 10.0 Å². The Kier molecular flexibility index (Phi) is 3.79. The van der Waals surface area contributed by atoms with Crippen molar-refractivity contribution in [2.45, 2.75) is 37.2 Å². The van der Waals surface area contributed by atoms with Crippen molar-refractivity contribution in [2.75, 3.05) is 18.8 Å². The van der Waals surface area contributed by atoms with Crippen LogP contribution in [-0.2, 0) is 10.0 Å². The Bertz CT molecular complexity index is 625. The molecule has 1 saturated heterocycles. The van der Waals surface area contributed by atoms with Gasteiger partial charge >= 0.3 is 0 Å². The van der Waals surface area contributed by atoms with Crippen molar-refractivity contribution in [3.05, 3.63) is 23.5 Å². The minimum absolute atomic E-state index is 0.00358. The average Bonchev–Trinajstić information content (AvgIpc) is 2.30. The zero-order valence-corrected chi connectivity index (χ0v) is 12.4. The number of halogens is 1. The highest BCUT2D eigenvalue weighted by Gasteiger charge is 2.47. The largest absolute Gasteiger partial charge is 0.398 e. The van der Waals surface area contributed by atoms with E-state index >= 15 is 0 Å². The second-order valence-electron chi connectivity index (χ2n) is 5.39. The van der Waals surface area contributed by atoms with Gasteiger partial charge in [0.25, 0.3) is 0 Å². The SMILES string of the molecule is CCCC1(O)CN(S(=O)(=O)c2cc(N)c(C)cc2F)C1. The number of benzene rings is 1. The van der Waals surface area contributed by atoms with Crippen LogP contribution in [-0.4, -0.2) is 36.5 Å². The number of hydrogen-bond acceptors (Lipinski definition) is 4. The molecular weight excluding hydrogens is 283 g/mol. The first-order valence-electron chi connectivity index (χ1n) is 6.48. The van der Waals surface area contributed by atoms with Gasteiger partial charge in [0.05, 0.1) is 5.60 Å². The van der Waals surface area contributed by atoms with E-state index in [0.717, 1.165) is 22.9 Å². The first-order chi connectivity index (χ1) is 9.19. The van der Waals surface area contributed by atoms with Gasteiger partial charge in [-0.3, -0.25) is 0 Å². The van der Waals surface area contributed by atoms with Gasteiger partial charge < -0.3 is 10.8 Å². The fourth-order valence-corrected chi connectivity index (χ4v) is 4.09. The van der Waals surface area contributed by atoms with Crippen molar-refractivity contribution in [3.63, 3.8) is 0 Å². The summed E-state index contributed by atoms with van der Waals surface area (Å²) >= 11 is 0. The first-order valence-corrected chi connectivity index (χ1v) is 7.92. The molecule has 2 rings (SSSR count). The van der Waals surface area contributed by atoms with Crippen LogP contribution in [0.25, 0.3) is 0 Å². The van der Waals surface area contributed by atoms with Gasteiger partial charge in [-0.1, -0.05) is 13.3 Å². The van der Waals surface area contributed by atoms with Gasteiger partial charge in [-0.25, -0.2) is 12.8 Å². The Morgan fingerprint density at radius 3 is 2.60 bits per heavy atom. The summed E-state index contributed by atoms with van der Waals surface area (Å²) in [7, 11) is -3.94. The highest BCUT2D eigenvalue weighted by molar-refractivity contribution is 7.89. The average molecular weight is 302 g/mol. The van der Waals surface area contributed by atoms with Crippen LogP contribution in [0, 0.1) is 12.7 Å². The molecule has 0 radical (unpaired) electrons.